The molecule has 0 unspecified atom stereocenters. The molecule has 0 N–H and O–H groups in total. The van der Waals surface area contributed by atoms with Crippen LogP contribution in [0.2, 0.25) is 0 Å². The lowest BCUT2D eigenvalue weighted by molar-refractivity contribution is -0.119. The molecule has 0 amide bonds. The number of rotatable bonds is 8. The quantitative estimate of drug-likeness (QED) is 0.489. The summed E-state index contributed by atoms with van der Waals surface area (Å²) in [7, 11) is 0. The van der Waals surface area contributed by atoms with Gasteiger partial charge >= 0.3 is 0 Å². The molecule has 1 heterocycles. The normalized spacial score (nSPS) is 15.8. The van der Waals surface area contributed by atoms with Gasteiger partial charge in [0.15, 0.2) is 11.6 Å². The molecule has 0 bridgehead atoms. The lowest BCUT2D eigenvalue weighted by atomic mass is 9.92. The minimum Gasteiger partial charge on any atom is -0.303 e. The molecule has 0 radical (unpaired) electrons. The second kappa shape index (κ2) is 10.1. The fourth-order valence-corrected chi connectivity index (χ4v) is 3.56. The number of piperidine rings is 1. The second-order valence-corrected chi connectivity index (χ2v) is 7.30. The van der Waals surface area contributed by atoms with E-state index in [0.29, 0.717) is 12.0 Å². The van der Waals surface area contributed by atoms with Gasteiger partial charge in [-0.2, -0.15) is 0 Å². The molecule has 146 valence electrons. The van der Waals surface area contributed by atoms with E-state index in [1.165, 1.54) is 24.3 Å². The van der Waals surface area contributed by atoms with E-state index >= 15 is 0 Å². The van der Waals surface area contributed by atoms with Crippen molar-refractivity contribution >= 4 is 17.6 Å². The van der Waals surface area contributed by atoms with E-state index in [-0.39, 0.29) is 23.3 Å². The van der Waals surface area contributed by atoms with Crippen LogP contribution >= 0.6 is 0 Å². The number of benzene rings is 2. The molecule has 4 heteroatoms. The van der Waals surface area contributed by atoms with Gasteiger partial charge in [0, 0.05) is 17.9 Å². The topological polar surface area (TPSA) is 37.4 Å². The van der Waals surface area contributed by atoms with Crippen LogP contribution in [0.1, 0.15) is 41.6 Å². The number of carbonyl (C=O) groups is 2. The highest BCUT2D eigenvalue weighted by Crippen LogP contribution is 2.20. The van der Waals surface area contributed by atoms with Crippen LogP contribution in [0.4, 0.5) is 4.39 Å². The average molecular weight is 379 g/mol. The number of hydrogen-bond acceptors (Lipinski definition) is 3. The van der Waals surface area contributed by atoms with Gasteiger partial charge in [0.1, 0.15) is 5.82 Å². The monoisotopic (exact) mass is 379 g/mol. The van der Waals surface area contributed by atoms with Crippen LogP contribution in [-0.4, -0.2) is 36.1 Å². The molecule has 2 aromatic rings. The van der Waals surface area contributed by atoms with Crippen molar-refractivity contribution < 1.29 is 14.0 Å². The van der Waals surface area contributed by atoms with E-state index in [0.717, 1.165) is 44.5 Å². The minimum absolute atomic E-state index is 0.0520. The predicted molar refractivity (Wildman–Crippen MR) is 110 cm³/mol. The summed E-state index contributed by atoms with van der Waals surface area (Å²) in [6.07, 6.45) is 6.56. The van der Waals surface area contributed by atoms with Crippen LogP contribution in [0, 0.1) is 11.7 Å². The van der Waals surface area contributed by atoms with Crippen LogP contribution in [0.25, 0.3) is 6.08 Å². The van der Waals surface area contributed by atoms with Crippen molar-refractivity contribution in [3.63, 3.8) is 0 Å². The summed E-state index contributed by atoms with van der Waals surface area (Å²) in [6.45, 7) is 2.63. The fraction of sp³-hybridized carbons (Fsp3) is 0.333. The van der Waals surface area contributed by atoms with Crippen LogP contribution in [0.5, 0.6) is 0 Å². The highest BCUT2D eigenvalue weighted by atomic mass is 19.1. The van der Waals surface area contributed by atoms with Crippen molar-refractivity contribution in [2.75, 3.05) is 19.6 Å². The zero-order chi connectivity index (χ0) is 19.8. The van der Waals surface area contributed by atoms with Crippen LogP contribution in [0.15, 0.2) is 60.7 Å². The Balaban J connectivity index is 1.37. The summed E-state index contributed by atoms with van der Waals surface area (Å²) in [5.74, 6) is 0.0238. The Morgan fingerprint density at radius 2 is 1.68 bits per heavy atom. The third kappa shape index (κ3) is 5.96. The lowest BCUT2D eigenvalue weighted by Crippen LogP contribution is -2.36. The number of ketones is 2. The zero-order valence-electron chi connectivity index (χ0n) is 16.0. The summed E-state index contributed by atoms with van der Waals surface area (Å²) < 4.78 is 12.9. The number of Topliss-reactive ketones (excluding diaryl/α,β-unsaturated/α-hetero) is 1. The van der Waals surface area contributed by atoms with Gasteiger partial charge in [0.2, 0.25) is 0 Å². The Labute approximate surface area is 165 Å². The van der Waals surface area contributed by atoms with Crippen LogP contribution in [-0.2, 0) is 4.79 Å². The van der Waals surface area contributed by atoms with E-state index in [1.807, 2.05) is 36.4 Å². The van der Waals surface area contributed by atoms with Crippen molar-refractivity contribution in [1.82, 2.24) is 4.90 Å². The molecule has 1 fully saturated rings. The fourth-order valence-electron chi connectivity index (χ4n) is 3.56. The minimum atomic E-state index is -0.326. The first-order valence-electron chi connectivity index (χ1n) is 9.90. The molecular weight excluding hydrogens is 353 g/mol. The number of hydrogen-bond donors (Lipinski definition) is 0. The molecule has 0 aliphatic carbocycles. The van der Waals surface area contributed by atoms with Crippen molar-refractivity contribution in [1.29, 1.82) is 0 Å². The molecule has 0 atom stereocenters. The maximum atomic E-state index is 12.9. The van der Waals surface area contributed by atoms with Gasteiger partial charge in [-0.15, -0.1) is 0 Å². The van der Waals surface area contributed by atoms with E-state index in [2.05, 4.69) is 4.90 Å². The molecule has 2 aromatic carbocycles. The Bertz CT molecular complexity index is 806. The van der Waals surface area contributed by atoms with Gasteiger partial charge in [0.05, 0.1) is 0 Å². The standard InChI is InChI=1S/C24H26FNO2/c25-22-11-9-20(10-12-22)23(27)7-4-16-26-17-14-21(15-18-26)24(28)13-8-19-5-2-1-3-6-19/h1-3,5-6,8-13,21H,4,7,14-18H2/b13-8+. The zero-order valence-corrected chi connectivity index (χ0v) is 16.0. The van der Waals surface area contributed by atoms with Crippen molar-refractivity contribution in [2.45, 2.75) is 25.7 Å². The Morgan fingerprint density at radius 1 is 1.00 bits per heavy atom. The summed E-state index contributed by atoms with van der Waals surface area (Å²) in [6, 6.07) is 15.6. The number of halogens is 1. The third-order valence-corrected chi connectivity index (χ3v) is 5.27. The van der Waals surface area contributed by atoms with Crippen molar-refractivity contribution in [2.24, 2.45) is 5.92 Å². The first-order valence-corrected chi connectivity index (χ1v) is 9.90. The second-order valence-electron chi connectivity index (χ2n) is 7.30. The predicted octanol–water partition coefficient (Wildman–Crippen LogP) is 4.78. The number of nitrogens with zero attached hydrogens (tertiary/aromatic N) is 1. The van der Waals surface area contributed by atoms with Gasteiger partial charge in [-0.3, -0.25) is 9.59 Å². The molecule has 1 aliphatic rings. The molecule has 0 aromatic heterocycles. The van der Waals surface area contributed by atoms with Gasteiger partial charge in [0.25, 0.3) is 0 Å². The maximum Gasteiger partial charge on any atom is 0.162 e. The van der Waals surface area contributed by atoms with Gasteiger partial charge in [-0.1, -0.05) is 36.4 Å². The third-order valence-electron chi connectivity index (χ3n) is 5.27. The van der Waals surface area contributed by atoms with E-state index < -0.39 is 0 Å². The van der Waals surface area contributed by atoms with E-state index in [4.69, 9.17) is 0 Å². The summed E-state index contributed by atoms with van der Waals surface area (Å²) in [5, 5.41) is 0. The summed E-state index contributed by atoms with van der Waals surface area (Å²) >= 11 is 0. The molecule has 3 rings (SSSR count). The molecule has 28 heavy (non-hydrogen) atoms. The van der Waals surface area contributed by atoms with Crippen molar-refractivity contribution in [3.05, 3.63) is 77.6 Å². The molecule has 0 spiro atoms. The first kappa shape index (κ1) is 20.2. The largest absolute Gasteiger partial charge is 0.303 e. The molecule has 1 saturated heterocycles. The Morgan fingerprint density at radius 3 is 2.36 bits per heavy atom. The SMILES string of the molecule is O=C(CCCN1CCC(C(=O)/C=C/c2ccccc2)CC1)c1ccc(F)cc1. The number of carbonyl (C=O) groups excluding carboxylic acids is 2. The summed E-state index contributed by atoms with van der Waals surface area (Å²) in [5.41, 5.74) is 1.61. The Hall–Kier alpha value is -2.59. The van der Waals surface area contributed by atoms with Gasteiger partial charge in [-0.05, 0) is 74.8 Å². The molecule has 1 aliphatic heterocycles. The average Bonchev–Trinajstić information content (AvgIpc) is 2.73. The van der Waals surface area contributed by atoms with E-state index in [1.54, 1.807) is 6.08 Å². The number of allylic oxidation sites excluding steroid dienone is 1. The molecule has 3 nitrogen and oxygen atoms in total. The van der Waals surface area contributed by atoms with Gasteiger partial charge in [-0.25, -0.2) is 4.39 Å². The van der Waals surface area contributed by atoms with Gasteiger partial charge < -0.3 is 4.90 Å². The highest BCUT2D eigenvalue weighted by molar-refractivity contribution is 5.96. The number of likely N-dealkylation sites (tertiary alicyclic amines) is 1. The molecule has 0 saturated carbocycles. The Kier molecular flexibility index (Phi) is 7.26. The lowest BCUT2D eigenvalue weighted by Gasteiger charge is -2.30. The first-order chi connectivity index (χ1) is 13.6. The van der Waals surface area contributed by atoms with Crippen LogP contribution < -0.4 is 0 Å². The summed E-state index contributed by atoms with van der Waals surface area (Å²) in [4.78, 5) is 26.8. The van der Waals surface area contributed by atoms with Crippen molar-refractivity contribution in [3.8, 4) is 0 Å². The maximum absolute atomic E-state index is 12.9. The van der Waals surface area contributed by atoms with E-state index in [9.17, 15) is 14.0 Å². The van der Waals surface area contributed by atoms with Crippen LogP contribution in [0.3, 0.4) is 0 Å². The molecular formula is C24H26FNO2. The highest BCUT2D eigenvalue weighted by Gasteiger charge is 2.23. The smallest absolute Gasteiger partial charge is 0.162 e.